The van der Waals surface area contributed by atoms with Gasteiger partial charge in [-0.15, -0.1) is 0 Å². The number of benzene rings is 7. The average molecular weight is 574 g/mol. The fourth-order valence-corrected chi connectivity index (χ4v) is 7.44. The lowest BCUT2D eigenvalue weighted by Gasteiger charge is -2.26. The summed E-state index contributed by atoms with van der Waals surface area (Å²) in [6.07, 6.45) is 0. The molecule has 3 nitrogen and oxygen atoms in total. The zero-order valence-electron chi connectivity index (χ0n) is 24.4. The van der Waals surface area contributed by atoms with Gasteiger partial charge in [0.2, 0.25) is 0 Å². The van der Waals surface area contributed by atoms with E-state index in [9.17, 15) is 0 Å². The van der Waals surface area contributed by atoms with Gasteiger partial charge in [0.25, 0.3) is 0 Å². The van der Waals surface area contributed by atoms with Crippen molar-refractivity contribution in [3.63, 3.8) is 0 Å². The molecule has 3 heteroatoms. The molecule has 0 fully saturated rings. The van der Waals surface area contributed by atoms with Gasteiger partial charge in [-0.3, -0.25) is 9.47 Å². The fraction of sp³-hybridized carbons (Fsp3) is 0. The molecule has 0 unspecified atom stereocenters. The van der Waals surface area contributed by atoms with E-state index in [4.69, 9.17) is 0 Å². The summed E-state index contributed by atoms with van der Waals surface area (Å²) >= 11 is 0. The summed E-state index contributed by atoms with van der Waals surface area (Å²) in [5.41, 5.74) is 10.7. The molecule has 0 N–H and O–H groups in total. The van der Waals surface area contributed by atoms with Crippen LogP contribution in [0.4, 0.5) is 17.2 Å². The fourth-order valence-electron chi connectivity index (χ4n) is 7.44. The van der Waals surface area contributed by atoms with E-state index in [-0.39, 0.29) is 0 Å². The number of fused-ring (bicyclic) bond motifs is 11. The maximum atomic E-state index is 2.45. The average Bonchev–Trinajstić information content (AvgIpc) is 3.59. The molecule has 0 spiro atoms. The molecule has 3 heterocycles. The Morgan fingerprint density at radius 3 is 1.82 bits per heavy atom. The van der Waals surface area contributed by atoms with Gasteiger partial charge in [0.1, 0.15) is 5.82 Å². The minimum atomic E-state index is 1.12. The normalized spacial score (nSPS) is 12.4. The predicted molar refractivity (Wildman–Crippen MR) is 189 cm³/mol. The van der Waals surface area contributed by atoms with Crippen LogP contribution in [-0.4, -0.2) is 9.13 Å². The monoisotopic (exact) mass is 573 g/mol. The van der Waals surface area contributed by atoms with E-state index >= 15 is 0 Å². The first-order chi connectivity index (χ1) is 22.3. The Morgan fingerprint density at radius 2 is 0.978 bits per heavy atom. The molecule has 1 aliphatic rings. The first kappa shape index (κ1) is 24.4. The zero-order valence-corrected chi connectivity index (χ0v) is 24.4. The van der Waals surface area contributed by atoms with Gasteiger partial charge in [-0.05, 0) is 71.4 Å². The van der Waals surface area contributed by atoms with Crippen molar-refractivity contribution in [2.75, 3.05) is 4.90 Å². The third-order valence-corrected chi connectivity index (χ3v) is 9.39. The van der Waals surface area contributed by atoms with E-state index in [1.54, 1.807) is 0 Å². The molecule has 0 saturated carbocycles. The molecule has 0 radical (unpaired) electrons. The van der Waals surface area contributed by atoms with Crippen molar-refractivity contribution in [2.24, 2.45) is 0 Å². The molecule has 7 aromatic carbocycles. The van der Waals surface area contributed by atoms with Crippen molar-refractivity contribution >= 4 is 60.7 Å². The Balaban J connectivity index is 1.33. The van der Waals surface area contributed by atoms with Crippen LogP contribution in [0.2, 0.25) is 0 Å². The third-order valence-electron chi connectivity index (χ3n) is 9.39. The molecular weight excluding hydrogens is 546 g/mol. The first-order valence-electron chi connectivity index (χ1n) is 15.5. The highest BCUT2D eigenvalue weighted by Crippen LogP contribution is 2.49. The molecule has 0 atom stereocenters. The van der Waals surface area contributed by atoms with Gasteiger partial charge in [0.05, 0.1) is 27.9 Å². The van der Waals surface area contributed by atoms with Gasteiger partial charge in [-0.25, -0.2) is 0 Å². The smallest absolute Gasteiger partial charge is 0.123 e. The molecule has 45 heavy (non-hydrogen) atoms. The van der Waals surface area contributed by atoms with Gasteiger partial charge in [-0.1, -0.05) is 103 Å². The minimum Gasteiger partial charge on any atom is -0.309 e. The molecule has 1 aliphatic heterocycles. The van der Waals surface area contributed by atoms with Crippen LogP contribution in [0.25, 0.3) is 66.0 Å². The van der Waals surface area contributed by atoms with Crippen LogP contribution in [0.3, 0.4) is 0 Å². The van der Waals surface area contributed by atoms with Crippen molar-refractivity contribution in [2.45, 2.75) is 0 Å². The Kier molecular flexibility index (Phi) is 5.00. The van der Waals surface area contributed by atoms with Gasteiger partial charge in [-0.2, -0.15) is 0 Å². The molecule has 0 bridgehead atoms. The largest absolute Gasteiger partial charge is 0.309 e. The SMILES string of the molecule is c1ccc(-n2c3ccccc3c3ccc(N4c5ccccc5-c5ccccc5-n5c4cc4cc6ccccc6cc45)cc32)cc1. The summed E-state index contributed by atoms with van der Waals surface area (Å²) in [5, 5.41) is 6.22. The van der Waals surface area contributed by atoms with Crippen LogP contribution < -0.4 is 4.90 Å². The molecule has 10 rings (SSSR count). The molecule has 0 aliphatic carbocycles. The summed E-state index contributed by atoms with van der Waals surface area (Å²) in [4.78, 5) is 2.45. The highest BCUT2D eigenvalue weighted by atomic mass is 15.3. The van der Waals surface area contributed by atoms with Crippen LogP contribution in [0.5, 0.6) is 0 Å². The van der Waals surface area contributed by atoms with Crippen LogP contribution in [0.1, 0.15) is 0 Å². The highest BCUT2D eigenvalue weighted by molar-refractivity contribution is 6.11. The number of anilines is 3. The van der Waals surface area contributed by atoms with Crippen LogP contribution in [0.15, 0.2) is 164 Å². The lowest BCUT2D eigenvalue weighted by atomic mass is 10.0. The van der Waals surface area contributed by atoms with E-state index in [0.29, 0.717) is 0 Å². The van der Waals surface area contributed by atoms with Crippen molar-refractivity contribution in [3.05, 3.63) is 164 Å². The van der Waals surface area contributed by atoms with E-state index in [0.717, 1.165) is 22.9 Å². The molecule has 0 amide bonds. The molecular formula is C42H27N3. The second-order valence-electron chi connectivity index (χ2n) is 11.9. The molecule has 210 valence electrons. The number of rotatable bonds is 2. The quantitative estimate of drug-likeness (QED) is 0.200. The maximum absolute atomic E-state index is 2.45. The second-order valence-corrected chi connectivity index (χ2v) is 11.9. The third kappa shape index (κ3) is 3.46. The van der Waals surface area contributed by atoms with Gasteiger partial charge >= 0.3 is 0 Å². The minimum absolute atomic E-state index is 1.12. The molecule has 2 aromatic heterocycles. The number of hydrogen-bond acceptors (Lipinski definition) is 1. The Labute approximate surface area is 260 Å². The van der Waals surface area contributed by atoms with E-state index in [2.05, 4.69) is 178 Å². The number of para-hydroxylation sites is 4. The summed E-state index contributed by atoms with van der Waals surface area (Å²) in [6, 6.07) is 59.7. The summed E-state index contributed by atoms with van der Waals surface area (Å²) in [7, 11) is 0. The number of aromatic nitrogens is 2. The van der Waals surface area contributed by atoms with E-state index in [1.165, 1.54) is 60.3 Å². The maximum Gasteiger partial charge on any atom is 0.123 e. The zero-order chi connectivity index (χ0) is 29.5. The van der Waals surface area contributed by atoms with Crippen molar-refractivity contribution in [1.82, 2.24) is 9.13 Å². The lowest BCUT2D eigenvalue weighted by molar-refractivity contribution is 1.09. The highest BCUT2D eigenvalue weighted by Gasteiger charge is 2.28. The van der Waals surface area contributed by atoms with Crippen molar-refractivity contribution < 1.29 is 0 Å². The first-order valence-corrected chi connectivity index (χ1v) is 15.5. The van der Waals surface area contributed by atoms with Crippen LogP contribution in [-0.2, 0) is 0 Å². The summed E-state index contributed by atoms with van der Waals surface area (Å²) in [5.74, 6) is 1.12. The standard InChI is InChI=1S/C42H27N3/c1-2-14-31(15-3-1)43-37-19-9-6-18-35(37)36-23-22-32(27-41(36)43)44-38-20-10-7-16-33(38)34-17-8-11-21-39(34)45-40-25-29-13-5-4-12-28(29)24-30(40)26-42(44)45/h1-27H. The van der Waals surface area contributed by atoms with Crippen molar-refractivity contribution in [1.29, 1.82) is 0 Å². The summed E-state index contributed by atoms with van der Waals surface area (Å²) in [6.45, 7) is 0. The second kappa shape index (κ2) is 9.22. The van der Waals surface area contributed by atoms with Gasteiger partial charge < -0.3 is 4.57 Å². The van der Waals surface area contributed by atoms with Crippen LogP contribution >= 0.6 is 0 Å². The summed E-state index contributed by atoms with van der Waals surface area (Å²) < 4.78 is 4.85. The van der Waals surface area contributed by atoms with E-state index in [1.807, 2.05) is 0 Å². The Bertz CT molecular complexity index is 2600. The van der Waals surface area contributed by atoms with Crippen LogP contribution in [0, 0.1) is 0 Å². The van der Waals surface area contributed by atoms with Crippen molar-refractivity contribution in [3.8, 4) is 22.5 Å². The molecule has 0 saturated heterocycles. The topological polar surface area (TPSA) is 13.1 Å². The van der Waals surface area contributed by atoms with Gasteiger partial charge in [0, 0.05) is 38.7 Å². The van der Waals surface area contributed by atoms with E-state index < -0.39 is 0 Å². The molecule has 9 aromatic rings. The lowest BCUT2D eigenvalue weighted by Crippen LogP contribution is -2.13. The Hall–Kier alpha value is -6.06. The van der Waals surface area contributed by atoms with Gasteiger partial charge in [0.15, 0.2) is 0 Å². The predicted octanol–water partition coefficient (Wildman–Crippen LogP) is 11.3. The number of hydrogen-bond donors (Lipinski definition) is 0. The number of nitrogens with zero attached hydrogens (tertiary/aromatic N) is 3. The Morgan fingerprint density at radius 1 is 0.333 bits per heavy atom.